The first-order chi connectivity index (χ1) is 14.2. The van der Waals surface area contributed by atoms with E-state index in [1.165, 1.54) is 6.26 Å². The van der Waals surface area contributed by atoms with E-state index in [0.717, 1.165) is 5.56 Å². The molecule has 0 aliphatic heterocycles. The smallest absolute Gasteiger partial charge is 0.291 e. The highest BCUT2D eigenvalue weighted by Gasteiger charge is 2.09. The predicted octanol–water partition coefficient (Wildman–Crippen LogP) is 3.49. The molecule has 0 aliphatic rings. The molecule has 150 valence electrons. The molecule has 0 spiro atoms. The highest BCUT2D eigenvalue weighted by atomic mass is 16.5. The van der Waals surface area contributed by atoms with Gasteiger partial charge >= 0.3 is 0 Å². The van der Waals surface area contributed by atoms with Crippen LogP contribution < -0.4 is 15.4 Å². The summed E-state index contributed by atoms with van der Waals surface area (Å²) in [5.41, 5.74) is 2.06. The number of nitrogens with one attached hydrogen (secondary N) is 2. The van der Waals surface area contributed by atoms with Gasteiger partial charge in [-0.15, -0.1) is 0 Å². The fourth-order valence-electron chi connectivity index (χ4n) is 2.56. The second-order valence-electron chi connectivity index (χ2n) is 6.18. The molecule has 0 fully saturated rings. The van der Waals surface area contributed by atoms with E-state index in [0.29, 0.717) is 36.8 Å². The summed E-state index contributed by atoms with van der Waals surface area (Å²) in [7, 11) is 1.60. The van der Waals surface area contributed by atoms with Gasteiger partial charge in [0, 0.05) is 24.9 Å². The zero-order valence-corrected chi connectivity index (χ0v) is 16.0. The second kappa shape index (κ2) is 10.1. The van der Waals surface area contributed by atoms with Gasteiger partial charge in [-0.1, -0.05) is 18.2 Å². The number of amides is 2. The Kier molecular flexibility index (Phi) is 7.02. The number of methoxy groups -OCH3 is 1. The Hall–Kier alpha value is -3.58. The van der Waals surface area contributed by atoms with Crippen LogP contribution in [0.1, 0.15) is 26.5 Å². The van der Waals surface area contributed by atoms with E-state index < -0.39 is 0 Å². The second-order valence-corrected chi connectivity index (χ2v) is 6.18. The van der Waals surface area contributed by atoms with Gasteiger partial charge in [0.15, 0.2) is 5.76 Å². The summed E-state index contributed by atoms with van der Waals surface area (Å²) in [4.78, 5) is 24.3. The van der Waals surface area contributed by atoms with Crippen LogP contribution >= 0.6 is 0 Å². The van der Waals surface area contributed by atoms with Crippen LogP contribution in [0, 0.1) is 0 Å². The Morgan fingerprint density at radius 1 is 0.966 bits per heavy atom. The Morgan fingerprint density at radius 3 is 2.52 bits per heavy atom. The predicted molar refractivity (Wildman–Crippen MR) is 108 cm³/mol. The SMILES string of the molecule is COCCOc1cccc(C(=O)NCc2ccc(NC(=O)c3ccco3)cc2)c1. The Balaban J connectivity index is 1.51. The number of furan rings is 1. The van der Waals surface area contributed by atoms with E-state index in [9.17, 15) is 9.59 Å². The lowest BCUT2D eigenvalue weighted by atomic mass is 10.1. The van der Waals surface area contributed by atoms with Crippen LogP contribution in [0.5, 0.6) is 5.75 Å². The summed E-state index contributed by atoms with van der Waals surface area (Å²) >= 11 is 0. The zero-order chi connectivity index (χ0) is 20.5. The minimum Gasteiger partial charge on any atom is -0.491 e. The molecule has 0 radical (unpaired) electrons. The summed E-state index contributed by atoms with van der Waals surface area (Å²) < 4.78 is 15.5. The van der Waals surface area contributed by atoms with Crippen molar-refractivity contribution in [1.29, 1.82) is 0 Å². The molecule has 2 N–H and O–H groups in total. The molecule has 7 heteroatoms. The van der Waals surface area contributed by atoms with Crippen LogP contribution in [0.25, 0.3) is 0 Å². The van der Waals surface area contributed by atoms with Crippen molar-refractivity contribution >= 4 is 17.5 Å². The number of rotatable bonds is 9. The number of ether oxygens (including phenoxy) is 2. The third kappa shape index (κ3) is 5.95. The van der Waals surface area contributed by atoms with E-state index in [1.54, 1.807) is 55.6 Å². The third-order valence-corrected chi connectivity index (χ3v) is 4.06. The van der Waals surface area contributed by atoms with Crippen LogP contribution in [-0.2, 0) is 11.3 Å². The van der Waals surface area contributed by atoms with Crippen molar-refractivity contribution in [3.05, 3.63) is 83.8 Å². The largest absolute Gasteiger partial charge is 0.491 e. The van der Waals surface area contributed by atoms with Gasteiger partial charge in [-0.3, -0.25) is 9.59 Å². The fraction of sp³-hybridized carbons (Fsp3) is 0.182. The number of hydrogen-bond donors (Lipinski definition) is 2. The van der Waals surface area contributed by atoms with Gasteiger partial charge in [0.1, 0.15) is 12.4 Å². The van der Waals surface area contributed by atoms with Crippen molar-refractivity contribution in [2.45, 2.75) is 6.54 Å². The summed E-state index contributed by atoms with van der Waals surface area (Å²) in [5, 5.41) is 5.62. The molecule has 0 atom stereocenters. The van der Waals surface area contributed by atoms with E-state index in [-0.39, 0.29) is 17.6 Å². The molecule has 3 aromatic rings. The molecule has 1 heterocycles. The molecule has 0 aliphatic carbocycles. The quantitative estimate of drug-likeness (QED) is 0.542. The normalized spacial score (nSPS) is 10.4. The maximum atomic E-state index is 12.4. The zero-order valence-electron chi connectivity index (χ0n) is 16.0. The molecule has 7 nitrogen and oxygen atoms in total. The molecule has 3 rings (SSSR count). The summed E-state index contributed by atoms with van der Waals surface area (Å²) in [5.74, 6) is 0.349. The highest BCUT2D eigenvalue weighted by molar-refractivity contribution is 6.02. The highest BCUT2D eigenvalue weighted by Crippen LogP contribution is 2.14. The van der Waals surface area contributed by atoms with E-state index >= 15 is 0 Å². The van der Waals surface area contributed by atoms with Crippen molar-refractivity contribution in [3.63, 3.8) is 0 Å². The van der Waals surface area contributed by atoms with Crippen LogP contribution in [0.4, 0.5) is 5.69 Å². The molecule has 0 bridgehead atoms. The van der Waals surface area contributed by atoms with Crippen molar-refractivity contribution in [2.75, 3.05) is 25.6 Å². The van der Waals surface area contributed by atoms with Crippen LogP contribution in [-0.4, -0.2) is 32.1 Å². The van der Waals surface area contributed by atoms with Gasteiger partial charge < -0.3 is 24.5 Å². The van der Waals surface area contributed by atoms with Crippen molar-refractivity contribution in [2.24, 2.45) is 0 Å². The molecule has 29 heavy (non-hydrogen) atoms. The molecule has 0 saturated heterocycles. The van der Waals surface area contributed by atoms with Gasteiger partial charge in [-0.05, 0) is 48.0 Å². The number of anilines is 1. The van der Waals surface area contributed by atoms with E-state index in [2.05, 4.69) is 10.6 Å². The maximum absolute atomic E-state index is 12.4. The third-order valence-electron chi connectivity index (χ3n) is 4.06. The summed E-state index contributed by atoms with van der Waals surface area (Å²) in [6.07, 6.45) is 1.45. The minimum absolute atomic E-state index is 0.197. The molecular weight excluding hydrogens is 372 g/mol. The number of benzene rings is 2. The van der Waals surface area contributed by atoms with Gasteiger partial charge in [-0.25, -0.2) is 0 Å². The Bertz CT molecular complexity index is 936. The standard InChI is InChI=1S/C22H22N2O5/c1-27-12-13-28-19-5-2-4-17(14-19)21(25)23-15-16-7-9-18(10-8-16)24-22(26)20-6-3-11-29-20/h2-11,14H,12-13,15H2,1H3,(H,23,25)(H,24,26). The van der Waals surface area contributed by atoms with Gasteiger partial charge in [0.25, 0.3) is 11.8 Å². The first kappa shape index (κ1) is 20.2. The van der Waals surface area contributed by atoms with E-state index in [1.807, 2.05) is 12.1 Å². The average molecular weight is 394 g/mol. The summed E-state index contributed by atoms with van der Waals surface area (Å²) in [6, 6.07) is 17.4. The van der Waals surface area contributed by atoms with Crippen molar-refractivity contribution in [3.8, 4) is 5.75 Å². The van der Waals surface area contributed by atoms with Crippen LogP contribution in [0.15, 0.2) is 71.3 Å². The van der Waals surface area contributed by atoms with E-state index in [4.69, 9.17) is 13.9 Å². The average Bonchev–Trinajstić information content (AvgIpc) is 3.29. The fourth-order valence-corrected chi connectivity index (χ4v) is 2.56. The Labute approximate surface area is 168 Å². The lowest BCUT2D eigenvalue weighted by molar-refractivity contribution is 0.0949. The topological polar surface area (TPSA) is 89.8 Å². The van der Waals surface area contributed by atoms with Crippen molar-refractivity contribution < 1.29 is 23.5 Å². The maximum Gasteiger partial charge on any atom is 0.291 e. The number of hydrogen-bond acceptors (Lipinski definition) is 5. The van der Waals surface area contributed by atoms with Gasteiger partial charge in [0.2, 0.25) is 0 Å². The molecule has 2 aromatic carbocycles. The Morgan fingerprint density at radius 2 is 1.79 bits per heavy atom. The molecular formula is C22H22N2O5. The monoisotopic (exact) mass is 394 g/mol. The first-order valence-electron chi connectivity index (χ1n) is 9.09. The molecule has 1 aromatic heterocycles. The lowest BCUT2D eigenvalue weighted by Gasteiger charge is -2.09. The number of carbonyl (C=O) groups is 2. The van der Waals surface area contributed by atoms with Gasteiger partial charge in [0.05, 0.1) is 12.9 Å². The van der Waals surface area contributed by atoms with Crippen LogP contribution in [0.3, 0.4) is 0 Å². The van der Waals surface area contributed by atoms with Gasteiger partial charge in [-0.2, -0.15) is 0 Å². The van der Waals surface area contributed by atoms with Crippen molar-refractivity contribution in [1.82, 2.24) is 5.32 Å². The molecule has 2 amide bonds. The van der Waals surface area contributed by atoms with Crippen LogP contribution in [0.2, 0.25) is 0 Å². The number of carbonyl (C=O) groups excluding carboxylic acids is 2. The lowest BCUT2D eigenvalue weighted by Crippen LogP contribution is -2.22. The summed E-state index contributed by atoms with van der Waals surface area (Å²) in [6.45, 7) is 1.26. The molecule has 0 saturated carbocycles. The minimum atomic E-state index is -0.316. The first-order valence-corrected chi connectivity index (χ1v) is 9.09. The molecule has 0 unspecified atom stereocenters.